The summed E-state index contributed by atoms with van der Waals surface area (Å²) in [6, 6.07) is 0. The van der Waals surface area contributed by atoms with Gasteiger partial charge in [0.2, 0.25) is 0 Å². The van der Waals surface area contributed by atoms with Gasteiger partial charge in [-0.05, 0) is 26.0 Å². The van der Waals surface area contributed by atoms with Gasteiger partial charge in [-0.1, -0.05) is 5.37 Å². The van der Waals surface area contributed by atoms with Gasteiger partial charge in [-0.25, -0.2) is 0 Å². The van der Waals surface area contributed by atoms with Crippen LogP contribution >= 0.6 is 10.5 Å². The van der Waals surface area contributed by atoms with Crippen LogP contribution in [0.4, 0.5) is 0 Å². The smallest absolute Gasteiger partial charge is 0.0976 e. The molecule has 1 saturated heterocycles. The molecule has 2 heteroatoms. The summed E-state index contributed by atoms with van der Waals surface area (Å²) in [7, 11) is 0.400. The molecule has 1 fully saturated rings. The summed E-state index contributed by atoms with van der Waals surface area (Å²) in [6.45, 7) is 3.10. The van der Waals surface area contributed by atoms with Gasteiger partial charge in [-0.3, -0.25) is 0 Å². The van der Waals surface area contributed by atoms with Crippen molar-refractivity contribution in [2.45, 2.75) is 25.2 Å². The third-order valence-corrected chi connectivity index (χ3v) is 3.62. The van der Waals surface area contributed by atoms with E-state index in [1.165, 1.54) is 12.8 Å². The van der Waals surface area contributed by atoms with Gasteiger partial charge < -0.3 is 4.74 Å². The fourth-order valence-electron chi connectivity index (χ4n) is 0.993. The Morgan fingerprint density at radius 1 is 1.67 bits per heavy atom. The zero-order valence-corrected chi connectivity index (χ0v) is 6.91. The molecule has 0 aromatic rings. The van der Waals surface area contributed by atoms with E-state index in [4.69, 9.17) is 4.74 Å². The molecule has 0 radical (unpaired) electrons. The average molecular weight is 146 g/mol. The molecular formula is C7H14OS. The Morgan fingerprint density at radius 3 is 2.89 bits per heavy atom. The van der Waals surface area contributed by atoms with E-state index < -0.39 is 0 Å². The maximum absolute atomic E-state index is 5.49. The highest BCUT2D eigenvalue weighted by molar-refractivity contribution is 8.14. The van der Waals surface area contributed by atoms with Crippen LogP contribution in [0.15, 0.2) is 0 Å². The first-order valence-electron chi connectivity index (χ1n) is 3.39. The standard InChI is InChI=1S/C7H14OS/c1-3-9(2)7-5-4-6-8-7/h3,7H,4-6H2,1-2H3. The fraction of sp³-hybridized carbons (Fsp3) is 0.857. The Balaban J connectivity index is 2.42. The van der Waals surface area contributed by atoms with Crippen molar-refractivity contribution in [3.8, 4) is 0 Å². The third kappa shape index (κ3) is 1.80. The molecule has 0 aromatic heterocycles. The second-order valence-electron chi connectivity index (χ2n) is 2.29. The quantitative estimate of drug-likeness (QED) is 0.513. The molecular weight excluding hydrogens is 132 g/mol. The van der Waals surface area contributed by atoms with Crippen molar-refractivity contribution in [1.82, 2.24) is 0 Å². The molecule has 0 bridgehead atoms. The zero-order valence-electron chi connectivity index (χ0n) is 6.09. The van der Waals surface area contributed by atoms with Gasteiger partial charge in [0.15, 0.2) is 0 Å². The predicted molar refractivity (Wildman–Crippen MR) is 44.2 cm³/mol. The maximum atomic E-state index is 5.49. The van der Waals surface area contributed by atoms with Crippen molar-refractivity contribution in [2.75, 3.05) is 12.9 Å². The molecule has 0 spiro atoms. The van der Waals surface area contributed by atoms with Crippen molar-refractivity contribution < 1.29 is 4.74 Å². The molecule has 1 rings (SSSR count). The van der Waals surface area contributed by atoms with Gasteiger partial charge in [0.05, 0.1) is 5.44 Å². The summed E-state index contributed by atoms with van der Waals surface area (Å²) in [5.74, 6) is 0. The van der Waals surface area contributed by atoms with E-state index in [-0.39, 0.29) is 0 Å². The molecule has 0 amide bonds. The van der Waals surface area contributed by atoms with Crippen molar-refractivity contribution >= 4 is 15.9 Å². The van der Waals surface area contributed by atoms with E-state index >= 15 is 0 Å². The van der Waals surface area contributed by atoms with E-state index in [0.29, 0.717) is 15.9 Å². The molecule has 9 heavy (non-hydrogen) atoms. The lowest BCUT2D eigenvalue weighted by Crippen LogP contribution is -2.00. The Hall–Kier alpha value is 0.180. The van der Waals surface area contributed by atoms with Crippen LogP contribution in [0, 0.1) is 0 Å². The van der Waals surface area contributed by atoms with Gasteiger partial charge in [-0.15, -0.1) is 0 Å². The van der Waals surface area contributed by atoms with Crippen LogP contribution in [0.1, 0.15) is 19.8 Å². The lowest BCUT2D eigenvalue weighted by Gasteiger charge is -2.09. The van der Waals surface area contributed by atoms with Crippen LogP contribution in [0.25, 0.3) is 0 Å². The molecule has 1 aliphatic rings. The monoisotopic (exact) mass is 146 g/mol. The number of ether oxygens (including phenoxy) is 1. The summed E-state index contributed by atoms with van der Waals surface area (Å²) < 4.78 is 5.49. The molecule has 1 aliphatic heterocycles. The topological polar surface area (TPSA) is 9.23 Å². The largest absolute Gasteiger partial charge is 0.368 e. The third-order valence-electron chi connectivity index (χ3n) is 1.67. The molecule has 0 saturated carbocycles. The van der Waals surface area contributed by atoms with Crippen molar-refractivity contribution in [3.63, 3.8) is 0 Å². The molecule has 0 aliphatic carbocycles. The second kappa shape index (κ2) is 3.37. The van der Waals surface area contributed by atoms with E-state index in [1.807, 2.05) is 0 Å². The second-order valence-corrected chi connectivity index (χ2v) is 4.50. The molecule has 1 nitrogen and oxygen atoms in total. The Bertz CT molecular complexity index is 114. The van der Waals surface area contributed by atoms with Crippen LogP contribution < -0.4 is 0 Å². The Labute approximate surface area is 59.3 Å². The SMILES string of the molecule is CC=S(C)C1CCCO1. The van der Waals surface area contributed by atoms with Crippen LogP contribution in [0.2, 0.25) is 0 Å². The van der Waals surface area contributed by atoms with E-state index in [0.717, 1.165) is 6.61 Å². The lowest BCUT2D eigenvalue weighted by molar-refractivity contribution is 0.173. The molecule has 2 unspecified atom stereocenters. The van der Waals surface area contributed by atoms with Crippen LogP contribution in [-0.2, 0) is 4.74 Å². The highest BCUT2D eigenvalue weighted by atomic mass is 32.2. The van der Waals surface area contributed by atoms with Crippen LogP contribution in [0.5, 0.6) is 0 Å². The van der Waals surface area contributed by atoms with Crippen LogP contribution in [0.3, 0.4) is 0 Å². The van der Waals surface area contributed by atoms with Crippen molar-refractivity contribution in [1.29, 1.82) is 0 Å². The summed E-state index contributed by atoms with van der Waals surface area (Å²) in [4.78, 5) is 0. The summed E-state index contributed by atoms with van der Waals surface area (Å²) in [5, 5.41) is 2.25. The summed E-state index contributed by atoms with van der Waals surface area (Å²) in [5.41, 5.74) is 0.551. The molecule has 1 heterocycles. The van der Waals surface area contributed by atoms with Gasteiger partial charge in [0, 0.05) is 6.61 Å². The van der Waals surface area contributed by atoms with E-state index in [1.54, 1.807) is 0 Å². The maximum Gasteiger partial charge on any atom is 0.0976 e. The Kier molecular flexibility index (Phi) is 2.73. The number of hydrogen-bond acceptors (Lipinski definition) is 1. The molecule has 0 N–H and O–H groups in total. The number of rotatable bonds is 1. The minimum absolute atomic E-state index is 0.400. The van der Waals surface area contributed by atoms with Crippen molar-refractivity contribution in [2.24, 2.45) is 0 Å². The Morgan fingerprint density at radius 2 is 2.44 bits per heavy atom. The summed E-state index contributed by atoms with van der Waals surface area (Å²) in [6.07, 6.45) is 4.77. The molecule has 54 valence electrons. The van der Waals surface area contributed by atoms with Crippen molar-refractivity contribution in [3.05, 3.63) is 0 Å². The van der Waals surface area contributed by atoms with E-state index in [2.05, 4.69) is 18.5 Å². The molecule has 0 aromatic carbocycles. The highest BCUT2D eigenvalue weighted by Crippen LogP contribution is 2.26. The van der Waals surface area contributed by atoms with Gasteiger partial charge in [0.1, 0.15) is 0 Å². The highest BCUT2D eigenvalue weighted by Gasteiger charge is 2.14. The van der Waals surface area contributed by atoms with Gasteiger partial charge >= 0.3 is 0 Å². The first kappa shape index (κ1) is 7.29. The van der Waals surface area contributed by atoms with Crippen LogP contribution in [-0.4, -0.2) is 23.7 Å². The minimum atomic E-state index is 0.400. The first-order chi connectivity index (χ1) is 4.34. The average Bonchev–Trinajstić information content (AvgIpc) is 2.37. The van der Waals surface area contributed by atoms with Gasteiger partial charge in [0.25, 0.3) is 0 Å². The summed E-state index contributed by atoms with van der Waals surface area (Å²) >= 11 is 0. The zero-order chi connectivity index (χ0) is 6.69. The van der Waals surface area contributed by atoms with Gasteiger partial charge in [-0.2, -0.15) is 10.5 Å². The number of hydrogen-bond donors (Lipinski definition) is 0. The normalized spacial score (nSPS) is 31.1. The lowest BCUT2D eigenvalue weighted by atomic mass is 10.4. The first-order valence-corrected chi connectivity index (χ1v) is 5.15. The van der Waals surface area contributed by atoms with E-state index in [9.17, 15) is 0 Å². The fourth-order valence-corrected chi connectivity index (χ4v) is 2.15. The predicted octanol–water partition coefficient (Wildman–Crippen LogP) is 1.84. The molecule has 2 atom stereocenters. The minimum Gasteiger partial charge on any atom is -0.368 e.